The van der Waals surface area contributed by atoms with E-state index in [0.717, 1.165) is 16.7 Å². The lowest BCUT2D eigenvalue weighted by Gasteiger charge is -2.11. The van der Waals surface area contributed by atoms with Crippen LogP contribution in [0.1, 0.15) is 11.1 Å². The summed E-state index contributed by atoms with van der Waals surface area (Å²) in [5.74, 6) is -1.20. The van der Waals surface area contributed by atoms with Gasteiger partial charge in [-0.15, -0.1) is 0 Å². The van der Waals surface area contributed by atoms with Gasteiger partial charge in [0.25, 0.3) is 0 Å². The van der Waals surface area contributed by atoms with E-state index in [1.165, 1.54) is 14.2 Å². The number of ether oxygens (including phenoxy) is 2. The van der Waals surface area contributed by atoms with Crippen LogP contribution in [0.15, 0.2) is 114 Å². The molecule has 0 N–H and O–H groups in total. The Hall–Kier alpha value is -3.92. The summed E-state index contributed by atoms with van der Waals surface area (Å²) in [5, 5.41) is 0. The topological polar surface area (TPSA) is 52.6 Å². The Bertz CT molecular complexity index is 1030. The summed E-state index contributed by atoms with van der Waals surface area (Å²) < 4.78 is 9.80. The predicted octanol–water partition coefficient (Wildman–Crippen LogP) is 4.81. The molecule has 0 saturated carbocycles. The molecule has 0 atom stereocenters. The van der Waals surface area contributed by atoms with Gasteiger partial charge in [0.15, 0.2) is 0 Å². The van der Waals surface area contributed by atoms with Gasteiger partial charge in [0.05, 0.1) is 25.4 Å². The number of hydrogen-bond acceptors (Lipinski definition) is 4. The van der Waals surface area contributed by atoms with Gasteiger partial charge in [-0.2, -0.15) is 0 Å². The van der Waals surface area contributed by atoms with E-state index in [4.69, 9.17) is 9.47 Å². The molecule has 150 valence electrons. The van der Waals surface area contributed by atoms with Crippen molar-refractivity contribution in [2.45, 2.75) is 0 Å². The molecular formula is C26H22O4. The van der Waals surface area contributed by atoms with Crippen molar-refractivity contribution >= 4 is 17.5 Å². The smallest absolute Gasteiger partial charge is 0.339 e. The summed E-state index contributed by atoms with van der Waals surface area (Å²) in [4.78, 5) is 24.8. The molecule has 0 fully saturated rings. The normalized spacial score (nSPS) is 14.3. The predicted molar refractivity (Wildman–Crippen MR) is 117 cm³/mol. The number of benzene rings is 2. The van der Waals surface area contributed by atoms with Crippen LogP contribution in [0.3, 0.4) is 0 Å². The van der Waals surface area contributed by atoms with Crippen LogP contribution < -0.4 is 0 Å². The van der Waals surface area contributed by atoms with Crippen LogP contribution >= 0.6 is 0 Å². The lowest BCUT2D eigenvalue weighted by molar-refractivity contribution is -0.138. The molecule has 0 saturated heterocycles. The van der Waals surface area contributed by atoms with Crippen LogP contribution in [0, 0.1) is 0 Å². The molecule has 1 aliphatic carbocycles. The fourth-order valence-corrected chi connectivity index (χ4v) is 3.15. The first-order chi connectivity index (χ1) is 14.7. The second-order valence-electron chi connectivity index (χ2n) is 6.42. The maximum Gasteiger partial charge on any atom is 0.339 e. The zero-order chi connectivity index (χ0) is 21.3. The summed E-state index contributed by atoms with van der Waals surface area (Å²) in [6.45, 7) is 0. The Morgan fingerprint density at radius 1 is 0.733 bits per heavy atom. The van der Waals surface area contributed by atoms with Gasteiger partial charge in [0.2, 0.25) is 0 Å². The standard InChI is InChI=1S/C26H22O4/c1-29-25(27)23-16-10-9-15-21(24(23)26(28)30-2)17-18-22(19-11-5-3-6-12-19)20-13-7-4-8-14-20/h3-18H,1-2H3/b21-17-. The van der Waals surface area contributed by atoms with Crippen LogP contribution in [-0.2, 0) is 19.1 Å². The number of allylic oxidation sites excluding steroid dienone is 5. The first-order valence-corrected chi connectivity index (χ1v) is 9.44. The molecule has 4 nitrogen and oxygen atoms in total. The second kappa shape index (κ2) is 10.0. The highest BCUT2D eigenvalue weighted by atomic mass is 16.5. The van der Waals surface area contributed by atoms with Crippen LogP contribution in [0.2, 0.25) is 0 Å². The molecular weight excluding hydrogens is 376 g/mol. The summed E-state index contributed by atoms with van der Waals surface area (Å²) in [5.41, 5.74) is 3.91. The third-order valence-electron chi connectivity index (χ3n) is 4.60. The van der Waals surface area contributed by atoms with E-state index >= 15 is 0 Å². The molecule has 30 heavy (non-hydrogen) atoms. The molecule has 1 aliphatic rings. The molecule has 2 aromatic rings. The average molecular weight is 398 g/mol. The molecule has 4 heteroatoms. The minimum atomic E-state index is -0.604. The molecule has 0 heterocycles. The van der Waals surface area contributed by atoms with Gasteiger partial charge in [0, 0.05) is 0 Å². The van der Waals surface area contributed by atoms with E-state index < -0.39 is 11.9 Å². The largest absolute Gasteiger partial charge is 0.465 e. The van der Waals surface area contributed by atoms with E-state index in [1.54, 1.807) is 24.3 Å². The molecule has 0 aliphatic heterocycles. The average Bonchev–Trinajstić information content (AvgIpc) is 3.02. The van der Waals surface area contributed by atoms with Crippen molar-refractivity contribution in [2.24, 2.45) is 0 Å². The number of carbonyl (C=O) groups is 2. The van der Waals surface area contributed by atoms with Gasteiger partial charge < -0.3 is 9.47 Å². The SMILES string of the molecule is COC(=O)C1=C(C(=O)OC)/C(=C\C=C(c2ccccc2)c2ccccc2)C=CC=C1. The number of methoxy groups -OCH3 is 2. The van der Waals surface area contributed by atoms with Gasteiger partial charge in [0.1, 0.15) is 0 Å². The highest BCUT2D eigenvalue weighted by Crippen LogP contribution is 2.27. The molecule has 3 rings (SSSR count). The van der Waals surface area contributed by atoms with E-state index in [9.17, 15) is 9.59 Å². The van der Waals surface area contributed by atoms with Crippen molar-refractivity contribution in [3.8, 4) is 0 Å². The monoisotopic (exact) mass is 398 g/mol. The molecule has 0 aromatic heterocycles. The molecule has 2 aromatic carbocycles. The van der Waals surface area contributed by atoms with Gasteiger partial charge in [-0.25, -0.2) is 9.59 Å². The van der Waals surface area contributed by atoms with Gasteiger partial charge in [-0.3, -0.25) is 0 Å². The van der Waals surface area contributed by atoms with Crippen molar-refractivity contribution in [3.63, 3.8) is 0 Å². The molecule has 0 spiro atoms. The lowest BCUT2D eigenvalue weighted by atomic mass is 9.95. The maximum absolute atomic E-state index is 12.5. The first kappa shape index (κ1) is 20.8. The van der Waals surface area contributed by atoms with E-state index in [1.807, 2.05) is 72.8 Å². The van der Waals surface area contributed by atoms with Crippen molar-refractivity contribution in [1.82, 2.24) is 0 Å². The third kappa shape index (κ3) is 4.73. The first-order valence-electron chi connectivity index (χ1n) is 9.44. The highest BCUT2D eigenvalue weighted by Gasteiger charge is 2.23. The van der Waals surface area contributed by atoms with E-state index in [-0.39, 0.29) is 11.1 Å². The molecule has 0 bridgehead atoms. The van der Waals surface area contributed by atoms with E-state index in [2.05, 4.69) is 0 Å². The van der Waals surface area contributed by atoms with Crippen LogP contribution in [0.25, 0.3) is 5.57 Å². The fraction of sp³-hybridized carbons (Fsp3) is 0.0769. The van der Waals surface area contributed by atoms with Crippen molar-refractivity contribution in [2.75, 3.05) is 14.2 Å². The Morgan fingerprint density at radius 3 is 1.80 bits per heavy atom. The number of carbonyl (C=O) groups excluding carboxylic acids is 2. The second-order valence-corrected chi connectivity index (χ2v) is 6.42. The Kier molecular flexibility index (Phi) is 6.95. The third-order valence-corrected chi connectivity index (χ3v) is 4.60. The van der Waals surface area contributed by atoms with Crippen LogP contribution in [0.4, 0.5) is 0 Å². The van der Waals surface area contributed by atoms with E-state index in [0.29, 0.717) is 5.57 Å². The zero-order valence-corrected chi connectivity index (χ0v) is 16.9. The fourth-order valence-electron chi connectivity index (χ4n) is 3.15. The molecule has 0 amide bonds. The minimum absolute atomic E-state index is 0.148. The van der Waals surface area contributed by atoms with Crippen LogP contribution in [0.5, 0.6) is 0 Å². The van der Waals surface area contributed by atoms with Gasteiger partial charge >= 0.3 is 11.9 Å². The highest BCUT2D eigenvalue weighted by molar-refractivity contribution is 6.06. The quantitative estimate of drug-likeness (QED) is 0.678. The molecule has 0 radical (unpaired) electrons. The number of hydrogen-bond donors (Lipinski definition) is 0. The Morgan fingerprint density at radius 2 is 1.27 bits per heavy atom. The summed E-state index contributed by atoms with van der Waals surface area (Å²) in [7, 11) is 2.57. The van der Waals surface area contributed by atoms with Crippen molar-refractivity contribution in [3.05, 3.63) is 125 Å². The Labute approximate surface area is 176 Å². The van der Waals surface area contributed by atoms with Crippen molar-refractivity contribution in [1.29, 1.82) is 0 Å². The lowest BCUT2D eigenvalue weighted by Crippen LogP contribution is -2.14. The van der Waals surface area contributed by atoms with Gasteiger partial charge in [-0.1, -0.05) is 91.0 Å². The zero-order valence-electron chi connectivity index (χ0n) is 16.9. The number of rotatable bonds is 5. The number of esters is 2. The Balaban J connectivity index is 2.18. The summed E-state index contributed by atoms with van der Waals surface area (Å²) in [6.07, 6.45) is 10.5. The van der Waals surface area contributed by atoms with Crippen molar-refractivity contribution < 1.29 is 19.1 Å². The summed E-state index contributed by atoms with van der Waals surface area (Å²) in [6, 6.07) is 19.9. The maximum atomic E-state index is 12.5. The molecule has 0 unspecified atom stereocenters. The van der Waals surface area contributed by atoms with Gasteiger partial charge in [-0.05, 0) is 28.3 Å². The van der Waals surface area contributed by atoms with Crippen LogP contribution in [-0.4, -0.2) is 26.2 Å². The summed E-state index contributed by atoms with van der Waals surface area (Å²) >= 11 is 0. The minimum Gasteiger partial charge on any atom is -0.465 e.